The zero-order valence-electron chi connectivity index (χ0n) is 19.5. The molecule has 0 unspecified atom stereocenters. The van der Waals surface area contributed by atoms with E-state index in [2.05, 4.69) is 24.3 Å². The molecular weight excluding hydrogens is 432 g/mol. The molecule has 5 nitrogen and oxygen atoms in total. The maximum absolute atomic E-state index is 13.4. The molecule has 0 saturated carbocycles. The molecule has 0 saturated heterocycles. The van der Waals surface area contributed by atoms with Gasteiger partial charge in [-0.05, 0) is 62.1 Å². The molecule has 0 aliphatic heterocycles. The second kappa shape index (κ2) is 11.3. The quantitative estimate of drug-likeness (QED) is 0.439. The van der Waals surface area contributed by atoms with Crippen molar-refractivity contribution in [2.45, 2.75) is 37.6 Å². The number of carbonyl (C=O) groups is 1. The summed E-state index contributed by atoms with van der Waals surface area (Å²) in [5.74, 6) is -0.0944. The predicted octanol–water partition coefficient (Wildman–Crippen LogP) is 4.64. The Morgan fingerprint density at radius 3 is 1.64 bits per heavy atom. The topological polar surface area (TPSA) is 57.7 Å². The number of hydrogen-bond acceptors (Lipinski definition) is 3. The molecule has 0 N–H and O–H groups in total. The van der Waals surface area contributed by atoms with Gasteiger partial charge in [0, 0.05) is 31.7 Å². The zero-order chi connectivity index (χ0) is 23.8. The van der Waals surface area contributed by atoms with Crippen LogP contribution in [-0.2, 0) is 22.9 Å². The van der Waals surface area contributed by atoms with Crippen molar-refractivity contribution in [3.63, 3.8) is 0 Å². The molecule has 6 heteroatoms. The van der Waals surface area contributed by atoms with Gasteiger partial charge < -0.3 is 4.90 Å². The molecule has 33 heavy (non-hydrogen) atoms. The van der Waals surface area contributed by atoms with Crippen molar-refractivity contribution < 1.29 is 13.2 Å². The average Bonchev–Trinajstić information content (AvgIpc) is 2.84. The number of amides is 1. The number of rotatable bonds is 10. The summed E-state index contributed by atoms with van der Waals surface area (Å²) in [5.41, 5.74) is 2.84. The molecular formula is C27H32N2O3S. The molecule has 3 aromatic carbocycles. The second-order valence-electron chi connectivity index (χ2n) is 8.40. The van der Waals surface area contributed by atoms with E-state index in [1.165, 1.54) is 27.6 Å². The Hall–Kier alpha value is -2.96. The van der Waals surface area contributed by atoms with E-state index < -0.39 is 10.0 Å². The van der Waals surface area contributed by atoms with E-state index in [1.54, 1.807) is 19.2 Å². The van der Waals surface area contributed by atoms with Gasteiger partial charge in [0.2, 0.25) is 10.0 Å². The summed E-state index contributed by atoms with van der Waals surface area (Å²) in [4.78, 5) is 15.4. The Kier molecular flexibility index (Phi) is 8.42. The lowest BCUT2D eigenvalue weighted by Crippen LogP contribution is -2.35. The molecule has 3 rings (SSSR count). The van der Waals surface area contributed by atoms with Gasteiger partial charge in [0.15, 0.2) is 0 Å². The van der Waals surface area contributed by atoms with Gasteiger partial charge in [0.25, 0.3) is 5.91 Å². The fourth-order valence-corrected chi connectivity index (χ4v) is 4.90. The summed E-state index contributed by atoms with van der Waals surface area (Å²) < 4.78 is 26.8. The Balaban J connectivity index is 1.77. The first-order valence-corrected chi connectivity index (χ1v) is 12.7. The van der Waals surface area contributed by atoms with E-state index in [9.17, 15) is 13.2 Å². The molecule has 0 heterocycles. The van der Waals surface area contributed by atoms with Crippen LogP contribution in [0.25, 0.3) is 0 Å². The van der Waals surface area contributed by atoms with Gasteiger partial charge in [-0.25, -0.2) is 8.42 Å². The fraction of sp³-hybridized carbons (Fsp3) is 0.296. The van der Waals surface area contributed by atoms with Crippen LogP contribution in [0.5, 0.6) is 0 Å². The van der Waals surface area contributed by atoms with Crippen LogP contribution in [0.15, 0.2) is 89.8 Å². The van der Waals surface area contributed by atoms with Crippen LogP contribution < -0.4 is 0 Å². The first-order chi connectivity index (χ1) is 15.8. The highest BCUT2D eigenvalue weighted by Crippen LogP contribution is 2.18. The van der Waals surface area contributed by atoms with Crippen molar-refractivity contribution in [1.82, 2.24) is 9.21 Å². The summed E-state index contributed by atoms with van der Waals surface area (Å²) in [5, 5.41) is 0. The molecule has 0 fully saturated rings. The molecule has 0 aromatic heterocycles. The Morgan fingerprint density at radius 1 is 0.758 bits per heavy atom. The number of carbonyl (C=O) groups excluding carboxylic acids is 1. The first-order valence-electron chi connectivity index (χ1n) is 11.2. The van der Waals surface area contributed by atoms with Crippen LogP contribution in [0.2, 0.25) is 0 Å². The number of benzene rings is 3. The van der Waals surface area contributed by atoms with E-state index in [0.717, 1.165) is 12.8 Å². The van der Waals surface area contributed by atoms with Crippen molar-refractivity contribution in [1.29, 1.82) is 0 Å². The molecule has 1 amide bonds. The summed E-state index contributed by atoms with van der Waals surface area (Å²) in [6.07, 6.45) is 1.51. The van der Waals surface area contributed by atoms with Crippen LogP contribution in [0.3, 0.4) is 0 Å². The number of nitrogens with zero attached hydrogens (tertiary/aromatic N) is 2. The van der Waals surface area contributed by atoms with E-state index in [1.807, 2.05) is 55.1 Å². The van der Waals surface area contributed by atoms with Gasteiger partial charge in [0.1, 0.15) is 0 Å². The van der Waals surface area contributed by atoms with E-state index in [0.29, 0.717) is 18.7 Å². The smallest absolute Gasteiger partial charge is 0.253 e. The van der Waals surface area contributed by atoms with Crippen LogP contribution in [0, 0.1) is 0 Å². The molecule has 0 atom stereocenters. The monoisotopic (exact) mass is 464 g/mol. The molecule has 174 valence electrons. The molecule has 3 aromatic rings. The van der Waals surface area contributed by atoms with Gasteiger partial charge >= 0.3 is 0 Å². The lowest BCUT2D eigenvalue weighted by atomic mass is 10.1. The van der Waals surface area contributed by atoms with Crippen molar-refractivity contribution in [3.05, 3.63) is 102 Å². The molecule has 0 aliphatic carbocycles. The third-order valence-corrected chi connectivity index (χ3v) is 7.87. The van der Waals surface area contributed by atoms with Crippen LogP contribution in [-0.4, -0.2) is 49.7 Å². The predicted molar refractivity (Wildman–Crippen MR) is 133 cm³/mol. The number of hydrogen-bond donors (Lipinski definition) is 0. The van der Waals surface area contributed by atoms with Crippen molar-refractivity contribution in [3.8, 4) is 0 Å². The van der Waals surface area contributed by atoms with Gasteiger partial charge in [-0.2, -0.15) is 4.31 Å². The van der Waals surface area contributed by atoms with Gasteiger partial charge in [0.05, 0.1) is 4.90 Å². The third-order valence-electron chi connectivity index (χ3n) is 5.82. The molecule has 0 bridgehead atoms. The van der Waals surface area contributed by atoms with Crippen LogP contribution in [0.1, 0.15) is 35.3 Å². The van der Waals surface area contributed by atoms with E-state index in [-0.39, 0.29) is 16.8 Å². The highest BCUT2D eigenvalue weighted by atomic mass is 32.2. The largest absolute Gasteiger partial charge is 0.338 e. The maximum Gasteiger partial charge on any atom is 0.253 e. The first kappa shape index (κ1) is 24.7. The summed E-state index contributed by atoms with van der Waals surface area (Å²) in [6, 6.07) is 26.3. The maximum atomic E-state index is 13.4. The zero-order valence-corrected chi connectivity index (χ0v) is 20.3. The summed E-state index contributed by atoms with van der Waals surface area (Å²) in [7, 11) is -2.02. The van der Waals surface area contributed by atoms with Crippen molar-refractivity contribution >= 4 is 15.9 Å². The third kappa shape index (κ3) is 6.53. The van der Waals surface area contributed by atoms with Crippen molar-refractivity contribution in [2.24, 2.45) is 0 Å². The summed E-state index contributed by atoms with van der Waals surface area (Å²) >= 11 is 0. The fourth-order valence-electron chi connectivity index (χ4n) is 3.53. The molecule has 0 aliphatic rings. The van der Waals surface area contributed by atoms with Crippen molar-refractivity contribution in [2.75, 3.05) is 20.1 Å². The Morgan fingerprint density at radius 2 is 1.21 bits per heavy atom. The standard InChI is InChI=1S/C27H32N2O3S/c1-22(2)28(3)33(31,32)26-16-14-25(15-17-26)27(30)29(20-18-23-10-6-4-7-11-23)21-19-24-12-8-5-9-13-24/h4-17,22H,18-21H2,1-3H3. The SMILES string of the molecule is CC(C)N(C)S(=O)(=O)c1ccc(C(=O)N(CCc2ccccc2)CCc2ccccc2)cc1. The number of sulfonamides is 1. The Bertz CT molecular complexity index is 1090. The molecule has 0 spiro atoms. The van der Waals surface area contributed by atoms with Crippen LogP contribution >= 0.6 is 0 Å². The lowest BCUT2D eigenvalue weighted by molar-refractivity contribution is 0.0759. The highest BCUT2D eigenvalue weighted by Gasteiger charge is 2.24. The van der Waals surface area contributed by atoms with E-state index in [4.69, 9.17) is 0 Å². The lowest BCUT2D eigenvalue weighted by Gasteiger charge is -2.24. The minimum Gasteiger partial charge on any atom is -0.338 e. The van der Waals surface area contributed by atoms with E-state index >= 15 is 0 Å². The van der Waals surface area contributed by atoms with Gasteiger partial charge in [-0.15, -0.1) is 0 Å². The average molecular weight is 465 g/mol. The molecule has 0 radical (unpaired) electrons. The van der Waals surface area contributed by atoms with Crippen LogP contribution in [0.4, 0.5) is 0 Å². The minimum atomic E-state index is -3.59. The van der Waals surface area contributed by atoms with Gasteiger partial charge in [-0.1, -0.05) is 60.7 Å². The Labute approximate surface area is 197 Å². The van der Waals surface area contributed by atoms with Gasteiger partial charge in [-0.3, -0.25) is 4.79 Å². The minimum absolute atomic E-state index is 0.0944. The summed E-state index contributed by atoms with van der Waals surface area (Å²) in [6.45, 7) is 4.83. The highest BCUT2D eigenvalue weighted by molar-refractivity contribution is 7.89. The second-order valence-corrected chi connectivity index (χ2v) is 10.4. The normalized spacial score (nSPS) is 11.7.